The van der Waals surface area contributed by atoms with E-state index in [-0.39, 0.29) is 22.4 Å². The van der Waals surface area contributed by atoms with E-state index in [4.69, 9.17) is 35.0 Å². The lowest BCUT2D eigenvalue weighted by Crippen LogP contribution is -2.68. The molecular formula is C29H45Cl2NO6. The Morgan fingerprint density at radius 3 is 2.37 bits per heavy atom. The minimum atomic E-state index is -4.94. The van der Waals surface area contributed by atoms with Gasteiger partial charge in [-0.3, -0.25) is 4.79 Å². The normalized spacial score (nSPS) is 49.5. The van der Waals surface area contributed by atoms with Crippen molar-refractivity contribution in [2.75, 3.05) is 6.54 Å². The third-order valence-electron chi connectivity index (χ3n) is 12.4. The van der Waals surface area contributed by atoms with Crippen LogP contribution in [-0.4, -0.2) is 39.8 Å². The number of nitrogens with zero attached hydrogens (tertiary/aromatic N) is 1. The maximum absolute atomic E-state index is 11.6. The van der Waals surface area contributed by atoms with Gasteiger partial charge >= 0.3 is 5.97 Å². The molecule has 6 rings (SSSR count). The monoisotopic (exact) mass is 573 g/mol. The average molecular weight is 575 g/mol. The highest BCUT2D eigenvalue weighted by atomic mass is 35.7. The lowest BCUT2D eigenvalue weighted by Gasteiger charge is -2.63. The smallest absolute Gasteiger partial charge is 0.302 e. The minimum absolute atomic E-state index is 0.0141. The van der Waals surface area contributed by atoms with Gasteiger partial charge in [0.05, 0.1) is 4.87 Å². The van der Waals surface area contributed by atoms with Crippen molar-refractivity contribution in [2.24, 2.45) is 46.3 Å². The maximum atomic E-state index is 11.6. The molecule has 216 valence electrons. The zero-order valence-corrected chi connectivity index (χ0v) is 25.1. The second kappa shape index (κ2) is 9.84. The molecule has 4 saturated carbocycles. The third-order valence-corrected chi connectivity index (χ3v) is 13.1. The topological polar surface area (TPSA) is 122 Å². The van der Waals surface area contributed by atoms with Crippen LogP contribution in [-0.2, 0) is 9.53 Å². The van der Waals surface area contributed by atoms with E-state index < -0.39 is 10.2 Å². The van der Waals surface area contributed by atoms with Gasteiger partial charge in [0.15, 0.2) is 11.8 Å². The summed E-state index contributed by atoms with van der Waals surface area (Å²) >= 11 is 7.52. The molecule has 0 aromatic rings. The summed E-state index contributed by atoms with van der Waals surface area (Å²) in [5.74, 6) is 4.75. The molecule has 0 amide bonds. The summed E-state index contributed by atoms with van der Waals surface area (Å²) in [7, 11) is -4.94. The van der Waals surface area contributed by atoms with Gasteiger partial charge in [-0.1, -0.05) is 27.7 Å². The number of rotatable bonds is 1. The molecule has 0 N–H and O–H groups in total. The first-order valence-corrected chi connectivity index (χ1v) is 16.3. The zero-order chi connectivity index (χ0) is 27.8. The van der Waals surface area contributed by atoms with Gasteiger partial charge in [0, 0.05) is 43.9 Å². The van der Waals surface area contributed by atoms with Crippen LogP contribution in [0.2, 0.25) is 0 Å². The average Bonchev–Trinajstić information content (AvgIpc) is 3.25. The van der Waals surface area contributed by atoms with Crippen molar-refractivity contribution in [3.63, 3.8) is 0 Å². The number of esters is 1. The van der Waals surface area contributed by atoms with Crippen LogP contribution in [0, 0.1) is 56.6 Å². The highest BCUT2D eigenvalue weighted by Gasteiger charge is 2.70. The summed E-state index contributed by atoms with van der Waals surface area (Å²) in [6.07, 6.45) is 12.2. The fraction of sp³-hybridized carbons (Fsp3) is 0.931. The minimum Gasteiger partial charge on any atom is -0.462 e. The van der Waals surface area contributed by atoms with E-state index in [0.29, 0.717) is 5.41 Å². The van der Waals surface area contributed by atoms with Gasteiger partial charge in [0.25, 0.3) is 0 Å². The summed E-state index contributed by atoms with van der Waals surface area (Å²) < 4.78 is 42.6. The Bertz CT molecular complexity index is 979. The summed E-state index contributed by atoms with van der Waals surface area (Å²) in [6.45, 7) is 13.1. The van der Waals surface area contributed by atoms with Crippen molar-refractivity contribution in [3.05, 3.63) is 0 Å². The molecule has 0 bridgehead atoms. The molecular weight excluding hydrogens is 529 g/mol. The number of halogens is 2. The Kier molecular flexibility index (Phi) is 7.52. The molecule has 2 aliphatic heterocycles. The van der Waals surface area contributed by atoms with Crippen LogP contribution in [0.5, 0.6) is 0 Å². The second-order valence-corrected chi connectivity index (χ2v) is 15.6. The van der Waals surface area contributed by atoms with Gasteiger partial charge in [0.2, 0.25) is 0 Å². The molecule has 2 heterocycles. The lowest BCUT2D eigenvalue weighted by molar-refractivity contribution is -2.00. The van der Waals surface area contributed by atoms with Crippen molar-refractivity contribution in [1.82, 2.24) is 0 Å². The van der Waals surface area contributed by atoms with Crippen LogP contribution in [0.25, 0.3) is 0 Å². The Balaban J connectivity index is 0.000000540. The van der Waals surface area contributed by atoms with Crippen LogP contribution in [0.3, 0.4) is 0 Å². The number of fused-ring (bicyclic) bond motifs is 8. The number of alkyl halides is 1. The van der Waals surface area contributed by atoms with Gasteiger partial charge in [-0.2, -0.15) is 0 Å². The van der Waals surface area contributed by atoms with Crippen LogP contribution in [0.15, 0.2) is 0 Å². The Hall–Kier alpha value is -0.440. The SMILES string of the molecule is CC(=O)O[C@H]1CC[C@]2(C)[C@H]3CC[C@]4(C)C5C(C)C6=[N+](C[C@@H](C)CC6)C5C[C@H]4[C@@H]3CC[C@@]2(Cl)C1.[O-][Cl+3]([O-])([O-])[O-]. The Morgan fingerprint density at radius 1 is 1.03 bits per heavy atom. The maximum Gasteiger partial charge on any atom is 0.302 e. The highest BCUT2D eigenvalue weighted by molar-refractivity contribution is 6.24. The number of ether oxygens (including phenoxy) is 1. The molecule has 0 saturated heterocycles. The fourth-order valence-electron chi connectivity index (χ4n) is 10.9. The van der Waals surface area contributed by atoms with Crippen LogP contribution >= 0.6 is 11.6 Å². The fourth-order valence-corrected chi connectivity index (χ4v) is 11.4. The lowest BCUT2D eigenvalue weighted by atomic mass is 9.44. The predicted octanol–water partition coefficient (Wildman–Crippen LogP) is 1.69. The molecule has 7 nitrogen and oxygen atoms in total. The number of carbonyl (C=O) groups excluding carboxylic acids is 1. The number of carbonyl (C=O) groups is 1. The van der Waals surface area contributed by atoms with E-state index in [9.17, 15) is 4.79 Å². The van der Waals surface area contributed by atoms with Gasteiger partial charge in [-0.25, -0.2) is 23.2 Å². The van der Waals surface area contributed by atoms with E-state index in [0.717, 1.165) is 67.2 Å². The molecule has 4 fully saturated rings. The number of hydrogen-bond acceptors (Lipinski definition) is 6. The first kappa shape index (κ1) is 29.1. The molecule has 4 aliphatic carbocycles. The van der Waals surface area contributed by atoms with Crippen LogP contribution in [0.4, 0.5) is 0 Å². The Labute approximate surface area is 234 Å². The highest BCUT2D eigenvalue weighted by Crippen LogP contribution is 2.71. The van der Waals surface area contributed by atoms with Gasteiger partial charge < -0.3 is 4.74 Å². The molecule has 0 spiro atoms. The van der Waals surface area contributed by atoms with Gasteiger partial charge in [-0.05, 0) is 73.5 Å². The molecule has 0 radical (unpaired) electrons. The molecule has 0 aromatic heterocycles. The van der Waals surface area contributed by atoms with Crippen molar-refractivity contribution in [1.29, 1.82) is 0 Å². The quantitative estimate of drug-likeness (QED) is 0.267. The molecule has 3 unspecified atom stereocenters. The number of hydrogen-bond donors (Lipinski definition) is 0. The third kappa shape index (κ3) is 4.75. The first-order valence-electron chi connectivity index (χ1n) is 14.7. The van der Waals surface area contributed by atoms with E-state index >= 15 is 0 Å². The standard InChI is InChI=1S/C29H45ClNO2.ClHO4/c1-17-6-7-24-18(2)26-25(31(24)16-17)14-23-21-9-13-29(30)15-20(33-19(3)32)8-12-28(29,5)22(21)10-11-27(23,26)4;2-1(3,4)5/h17-18,20-23,25-26H,6-16H2,1-5H3;(H,2,3,4,5)/q+1;/p-1/t17-,18?,20-,21+,22-,23-,25?,26?,27-,28+,29+;/m0./s1. The molecule has 0 aromatic carbocycles. The van der Waals surface area contributed by atoms with Gasteiger partial charge in [0.1, 0.15) is 12.6 Å². The van der Waals surface area contributed by atoms with Crippen LogP contribution < -0.4 is 18.6 Å². The molecule has 11 atom stereocenters. The van der Waals surface area contributed by atoms with Crippen molar-refractivity contribution < 1.29 is 43.0 Å². The summed E-state index contributed by atoms with van der Waals surface area (Å²) in [6, 6.07) is 0.793. The van der Waals surface area contributed by atoms with Crippen LogP contribution in [0.1, 0.15) is 98.8 Å². The summed E-state index contributed by atoms with van der Waals surface area (Å²) in [5, 5.41) is 0. The van der Waals surface area contributed by atoms with E-state index in [1.807, 2.05) is 5.71 Å². The summed E-state index contributed by atoms with van der Waals surface area (Å²) in [4.78, 5) is 11.4. The molecule has 6 aliphatic rings. The van der Waals surface area contributed by atoms with E-state index in [1.165, 1.54) is 52.0 Å². The van der Waals surface area contributed by atoms with E-state index in [1.54, 1.807) is 0 Å². The Morgan fingerprint density at radius 2 is 1.71 bits per heavy atom. The van der Waals surface area contributed by atoms with Crippen molar-refractivity contribution in [2.45, 2.75) is 116 Å². The zero-order valence-electron chi connectivity index (χ0n) is 23.5. The predicted molar refractivity (Wildman–Crippen MR) is 133 cm³/mol. The van der Waals surface area contributed by atoms with Crippen molar-refractivity contribution >= 4 is 23.3 Å². The van der Waals surface area contributed by atoms with E-state index in [2.05, 4.69) is 32.3 Å². The molecule has 38 heavy (non-hydrogen) atoms. The largest absolute Gasteiger partial charge is 0.462 e. The second-order valence-electron chi connectivity index (χ2n) is 14.1. The summed E-state index contributed by atoms with van der Waals surface area (Å²) in [5.41, 5.74) is 2.48. The molecule has 9 heteroatoms. The van der Waals surface area contributed by atoms with Crippen molar-refractivity contribution in [3.8, 4) is 0 Å². The first-order chi connectivity index (χ1) is 17.6. The van der Waals surface area contributed by atoms with Gasteiger partial charge in [-0.15, -0.1) is 21.8 Å².